The van der Waals surface area contributed by atoms with Crippen LogP contribution in [-0.4, -0.2) is 40.3 Å². The Morgan fingerprint density at radius 2 is 1.81 bits per heavy atom. The van der Waals surface area contributed by atoms with E-state index in [9.17, 15) is 14.4 Å². The molecule has 2 saturated carbocycles. The standard InChI is InChI=1S/C20H29NO6/c1-11(2)16-8-5-12(3)10-19(16)25-17(23)20(18(24)26-19)14-6-7-15(9-14)21(20)27-13(4)22/h11-12,14-16H,5-10H2,1-4H3/t12-,14-,15+,16+,19?,20?/m1/s1. The zero-order valence-corrected chi connectivity index (χ0v) is 16.5. The molecule has 0 N–H and O–H groups in total. The summed E-state index contributed by atoms with van der Waals surface area (Å²) in [5.41, 5.74) is -1.64. The summed E-state index contributed by atoms with van der Waals surface area (Å²) < 4.78 is 12.0. The highest BCUT2D eigenvalue weighted by Crippen LogP contribution is 2.55. The van der Waals surface area contributed by atoms with Crippen LogP contribution in [0, 0.1) is 23.7 Å². The summed E-state index contributed by atoms with van der Waals surface area (Å²) in [5.74, 6) is -2.70. The zero-order valence-electron chi connectivity index (χ0n) is 16.5. The summed E-state index contributed by atoms with van der Waals surface area (Å²) in [4.78, 5) is 43.8. The van der Waals surface area contributed by atoms with E-state index in [0.717, 1.165) is 25.7 Å². The summed E-state index contributed by atoms with van der Waals surface area (Å²) in [6.45, 7) is 7.50. The maximum atomic E-state index is 13.4. The van der Waals surface area contributed by atoms with Crippen LogP contribution in [0.5, 0.6) is 0 Å². The Kier molecular flexibility index (Phi) is 4.29. The second-order valence-electron chi connectivity index (χ2n) is 9.17. The first kappa shape index (κ1) is 18.7. The number of hydrogen-bond acceptors (Lipinski definition) is 7. The maximum absolute atomic E-state index is 13.4. The van der Waals surface area contributed by atoms with E-state index in [1.165, 1.54) is 12.0 Å². The maximum Gasteiger partial charge on any atom is 0.345 e. The summed E-state index contributed by atoms with van der Waals surface area (Å²) in [6, 6.07) is -0.140. The molecule has 0 amide bonds. The van der Waals surface area contributed by atoms with Crippen LogP contribution in [0.15, 0.2) is 0 Å². The van der Waals surface area contributed by atoms with Gasteiger partial charge in [0.2, 0.25) is 0 Å². The molecule has 4 atom stereocenters. The Bertz CT molecular complexity index is 655. The largest absolute Gasteiger partial charge is 0.420 e. The van der Waals surface area contributed by atoms with Crippen molar-refractivity contribution in [2.24, 2.45) is 23.7 Å². The molecule has 0 aromatic rings. The van der Waals surface area contributed by atoms with Crippen molar-refractivity contribution in [2.45, 2.75) is 83.6 Å². The smallest absolute Gasteiger partial charge is 0.345 e. The predicted molar refractivity (Wildman–Crippen MR) is 93.7 cm³/mol. The van der Waals surface area contributed by atoms with Crippen molar-refractivity contribution in [3.8, 4) is 0 Å². The third kappa shape index (κ3) is 2.53. The Labute approximate surface area is 159 Å². The van der Waals surface area contributed by atoms with Crippen LogP contribution in [0.4, 0.5) is 0 Å². The zero-order chi connectivity index (χ0) is 19.6. The first-order chi connectivity index (χ1) is 12.7. The molecule has 7 nitrogen and oxygen atoms in total. The van der Waals surface area contributed by atoms with Crippen LogP contribution in [0.1, 0.15) is 66.2 Å². The van der Waals surface area contributed by atoms with Gasteiger partial charge in [-0.2, -0.15) is 0 Å². The lowest BCUT2D eigenvalue weighted by molar-refractivity contribution is -0.316. The first-order valence-electron chi connectivity index (χ1n) is 10.2. The quantitative estimate of drug-likeness (QED) is 0.539. The molecule has 0 unspecified atom stereocenters. The van der Waals surface area contributed by atoms with Gasteiger partial charge in [-0.25, -0.2) is 9.59 Å². The molecule has 2 saturated heterocycles. The normalized spacial score (nSPS) is 44.0. The summed E-state index contributed by atoms with van der Waals surface area (Å²) >= 11 is 0. The van der Waals surface area contributed by atoms with Crippen molar-refractivity contribution < 1.29 is 28.7 Å². The molecule has 4 rings (SSSR count). The Morgan fingerprint density at radius 1 is 1.15 bits per heavy atom. The molecule has 4 fully saturated rings. The van der Waals surface area contributed by atoms with Gasteiger partial charge in [-0.3, -0.25) is 4.79 Å². The molecule has 2 aliphatic carbocycles. The molecule has 0 radical (unpaired) electrons. The number of carbonyl (C=O) groups is 3. The number of hydrogen-bond donors (Lipinski definition) is 0. The van der Waals surface area contributed by atoms with Crippen LogP contribution >= 0.6 is 0 Å². The van der Waals surface area contributed by atoms with Gasteiger partial charge < -0.3 is 14.3 Å². The van der Waals surface area contributed by atoms with Gasteiger partial charge in [-0.15, -0.1) is 5.06 Å². The summed E-state index contributed by atoms with van der Waals surface area (Å²) in [6.07, 6.45) is 4.54. The SMILES string of the molecule is CC(=O)ON1[C@H]2CC[C@H](C2)C12C(=O)OC1(C[C@H](C)CC[C@H]1C(C)C)OC2=O. The first-order valence-corrected chi connectivity index (χ1v) is 10.2. The minimum absolute atomic E-state index is 0.0280. The van der Waals surface area contributed by atoms with E-state index < -0.39 is 29.2 Å². The minimum Gasteiger partial charge on any atom is -0.420 e. The van der Waals surface area contributed by atoms with Gasteiger partial charge in [-0.05, 0) is 43.9 Å². The molecule has 4 aliphatic rings. The van der Waals surface area contributed by atoms with Gasteiger partial charge in [0.15, 0.2) is 0 Å². The molecule has 2 aliphatic heterocycles. The molecule has 2 heterocycles. The fourth-order valence-electron chi connectivity index (χ4n) is 5.89. The number of carbonyl (C=O) groups excluding carboxylic acids is 3. The topological polar surface area (TPSA) is 82.1 Å². The number of ether oxygens (including phenoxy) is 2. The Morgan fingerprint density at radius 3 is 2.41 bits per heavy atom. The molecule has 0 aromatic heterocycles. The molecule has 2 bridgehead atoms. The monoisotopic (exact) mass is 379 g/mol. The van der Waals surface area contributed by atoms with Gasteiger partial charge in [0.25, 0.3) is 11.3 Å². The van der Waals surface area contributed by atoms with E-state index >= 15 is 0 Å². The molecule has 7 heteroatoms. The van der Waals surface area contributed by atoms with Crippen molar-refractivity contribution in [3.05, 3.63) is 0 Å². The second kappa shape index (κ2) is 6.19. The lowest BCUT2D eigenvalue weighted by Gasteiger charge is -2.53. The highest BCUT2D eigenvalue weighted by atomic mass is 16.8. The lowest BCUT2D eigenvalue weighted by atomic mass is 9.71. The molecule has 0 aromatic carbocycles. The van der Waals surface area contributed by atoms with E-state index in [1.807, 2.05) is 0 Å². The van der Waals surface area contributed by atoms with Crippen molar-refractivity contribution >= 4 is 17.9 Å². The Hall–Kier alpha value is -1.63. The number of nitrogens with zero attached hydrogens (tertiary/aromatic N) is 1. The van der Waals surface area contributed by atoms with Crippen molar-refractivity contribution in [1.29, 1.82) is 0 Å². The highest BCUT2D eigenvalue weighted by Gasteiger charge is 2.74. The summed E-state index contributed by atoms with van der Waals surface area (Å²) in [5, 5.41) is 1.29. The fourth-order valence-corrected chi connectivity index (χ4v) is 5.89. The van der Waals surface area contributed by atoms with Crippen LogP contribution in [-0.2, 0) is 28.7 Å². The van der Waals surface area contributed by atoms with Gasteiger partial charge in [-0.1, -0.05) is 20.8 Å². The number of piperidine rings is 1. The van der Waals surface area contributed by atoms with E-state index in [-0.39, 0.29) is 23.8 Å². The van der Waals surface area contributed by atoms with Crippen LogP contribution in [0.25, 0.3) is 0 Å². The van der Waals surface area contributed by atoms with Crippen LogP contribution < -0.4 is 0 Å². The minimum atomic E-state index is -1.64. The van der Waals surface area contributed by atoms with Gasteiger partial charge in [0.1, 0.15) is 0 Å². The van der Waals surface area contributed by atoms with E-state index in [2.05, 4.69) is 20.8 Å². The third-order valence-electron chi connectivity index (χ3n) is 7.03. The fraction of sp³-hybridized carbons (Fsp3) is 0.850. The number of esters is 2. The van der Waals surface area contributed by atoms with Gasteiger partial charge in [0, 0.05) is 31.2 Å². The van der Waals surface area contributed by atoms with Gasteiger partial charge >= 0.3 is 17.9 Å². The average molecular weight is 379 g/mol. The lowest BCUT2D eigenvalue weighted by Crippen LogP contribution is -2.72. The Balaban J connectivity index is 1.70. The predicted octanol–water partition coefficient (Wildman–Crippen LogP) is 2.58. The molecule has 150 valence electrons. The second-order valence-corrected chi connectivity index (χ2v) is 9.17. The number of fused-ring (bicyclic) bond motifs is 3. The van der Waals surface area contributed by atoms with Crippen molar-refractivity contribution in [3.63, 3.8) is 0 Å². The van der Waals surface area contributed by atoms with E-state index in [1.54, 1.807) is 0 Å². The number of hydroxylamine groups is 2. The highest BCUT2D eigenvalue weighted by molar-refractivity contribution is 6.07. The third-order valence-corrected chi connectivity index (χ3v) is 7.03. The van der Waals surface area contributed by atoms with Crippen molar-refractivity contribution in [1.82, 2.24) is 5.06 Å². The van der Waals surface area contributed by atoms with Crippen molar-refractivity contribution in [2.75, 3.05) is 0 Å². The molecular formula is C20H29NO6. The van der Waals surface area contributed by atoms with E-state index in [4.69, 9.17) is 14.3 Å². The molecular weight excluding hydrogens is 350 g/mol. The molecule has 27 heavy (non-hydrogen) atoms. The average Bonchev–Trinajstić information content (AvgIpc) is 3.13. The number of rotatable bonds is 2. The van der Waals surface area contributed by atoms with Crippen LogP contribution in [0.3, 0.4) is 0 Å². The van der Waals surface area contributed by atoms with Crippen LogP contribution in [0.2, 0.25) is 0 Å². The van der Waals surface area contributed by atoms with Gasteiger partial charge in [0.05, 0.1) is 0 Å². The molecule has 2 spiro atoms. The van der Waals surface area contributed by atoms with E-state index in [0.29, 0.717) is 18.8 Å². The summed E-state index contributed by atoms with van der Waals surface area (Å²) in [7, 11) is 0.